The van der Waals surface area contributed by atoms with Crippen LogP contribution in [0.25, 0.3) is 0 Å². The minimum Gasteiger partial charge on any atom is -0.497 e. The molecule has 0 heterocycles. The van der Waals surface area contributed by atoms with E-state index in [0.717, 1.165) is 18.4 Å². The molecule has 3 aromatic rings. The van der Waals surface area contributed by atoms with Crippen LogP contribution in [0.3, 0.4) is 0 Å². The molecule has 0 unspecified atom stereocenters. The molecule has 4 rings (SSSR count). The van der Waals surface area contributed by atoms with E-state index >= 15 is 0 Å². The molecule has 0 atom stereocenters. The van der Waals surface area contributed by atoms with Crippen molar-refractivity contribution in [3.63, 3.8) is 0 Å². The van der Waals surface area contributed by atoms with Gasteiger partial charge < -0.3 is 13.8 Å². The number of ether oxygens (including phenoxy) is 1. The zero-order valence-electron chi connectivity index (χ0n) is 18.1. The quantitative estimate of drug-likeness (QED) is 0.427. The average Bonchev–Trinajstić information content (AvgIpc) is 3.64. The van der Waals surface area contributed by atoms with E-state index in [-0.39, 0.29) is 28.7 Å². The highest BCUT2D eigenvalue weighted by atomic mass is 32.2. The molecule has 6 nitrogen and oxygen atoms in total. The summed E-state index contributed by atoms with van der Waals surface area (Å²) in [4.78, 5) is 14.6. The van der Waals surface area contributed by atoms with Crippen LogP contribution in [0.15, 0.2) is 77.7 Å². The van der Waals surface area contributed by atoms with Crippen molar-refractivity contribution in [2.24, 2.45) is 5.92 Å². The molecule has 1 aliphatic carbocycles. The lowest BCUT2D eigenvalue weighted by atomic mass is 10.1. The van der Waals surface area contributed by atoms with Gasteiger partial charge in [0.2, 0.25) is 0 Å². The molecule has 8 heteroatoms. The van der Waals surface area contributed by atoms with Crippen LogP contribution >= 0.6 is 0 Å². The van der Waals surface area contributed by atoms with Crippen LogP contribution in [-0.2, 0) is 16.7 Å². The molecule has 1 amide bonds. The van der Waals surface area contributed by atoms with Gasteiger partial charge in [0.25, 0.3) is 5.91 Å². The van der Waals surface area contributed by atoms with Gasteiger partial charge in [0.05, 0.1) is 12.7 Å². The number of hydrogen-bond acceptors (Lipinski definition) is 5. The van der Waals surface area contributed by atoms with E-state index in [4.69, 9.17) is 8.92 Å². The van der Waals surface area contributed by atoms with E-state index in [1.54, 1.807) is 53.4 Å². The number of hydrogen-bond donors (Lipinski definition) is 0. The van der Waals surface area contributed by atoms with Crippen LogP contribution in [0.4, 0.5) is 4.39 Å². The van der Waals surface area contributed by atoms with Crippen LogP contribution in [0, 0.1) is 11.7 Å². The highest BCUT2D eigenvalue weighted by molar-refractivity contribution is 7.87. The second-order valence-electron chi connectivity index (χ2n) is 7.97. The Balaban J connectivity index is 1.46. The smallest absolute Gasteiger partial charge is 0.339 e. The SMILES string of the molecule is COc1ccc(S(=O)(=O)Oc2ccc(CN(CC3CC3)C(=O)c3ccccc3F)cc2)cc1. The van der Waals surface area contributed by atoms with Crippen LogP contribution in [0.1, 0.15) is 28.8 Å². The Labute approximate surface area is 192 Å². The molecule has 1 fully saturated rings. The first kappa shape index (κ1) is 22.8. The Bertz CT molecular complexity index is 1220. The second kappa shape index (κ2) is 9.62. The average molecular weight is 470 g/mol. The summed E-state index contributed by atoms with van der Waals surface area (Å²) < 4.78 is 49.5. The topological polar surface area (TPSA) is 72.9 Å². The molecule has 0 saturated heterocycles. The van der Waals surface area contributed by atoms with Crippen molar-refractivity contribution < 1.29 is 26.5 Å². The predicted octanol–water partition coefficient (Wildman–Crippen LogP) is 4.65. The van der Waals surface area contributed by atoms with Crippen LogP contribution in [0.2, 0.25) is 0 Å². The van der Waals surface area contributed by atoms with Crippen molar-refractivity contribution in [3.05, 3.63) is 89.7 Å². The van der Waals surface area contributed by atoms with Gasteiger partial charge >= 0.3 is 10.1 Å². The summed E-state index contributed by atoms with van der Waals surface area (Å²) in [7, 11) is -2.50. The maximum atomic E-state index is 14.2. The lowest BCUT2D eigenvalue weighted by molar-refractivity contribution is 0.0730. The fourth-order valence-electron chi connectivity index (χ4n) is 3.42. The molecule has 0 N–H and O–H groups in total. The van der Waals surface area contributed by atoms with Gasteiger partial charge in [0, 0.05) is 13.1 Å². The fourth-order valence-corrected chi connectivity index (χ4v) is 4.35. The van der Waals surface area contributed by atoms with Gasteiger partial charge in [0.1, 0.15) is 22.2 Å². The molecule has 3 aromatic carbocycles. The Hall–Kier alpha value is -3.39. The Kier molecular flexibility index (Phi) is 6.65. The van der Waals surface area contributed by atoms with Gasteiger partial charge in [-0.1, -0.05) is 24.3 Å². The van der Waals surface area contributed by atoms with Crippen molar-refractivity contribution >= 4 is 16.0 Å². The standard InChI is InChI=1S/C25H24FNO5S/c1-31-20-12-14-22(15-13-20)33(29,30)32-21-10-8-19(9-11-21)17-27(16-18-6-7-18)25(28)23-4-2-3-5-24(23)26/h2-5,8-15,18H,6-7,16-17H2,1H3. The second-order valence-corrected chi connectivity index (χ2v) is 9.51. The van der Waals surface area contributed by atoms with E-state index in [2.05, 4.69) is 0 Å². The van der Waals surface area contributed by atoms with Gasteiger partial charge in [-0.3, -0.25) is 4.79 Å². The monoisotopic (exact) mass is 469 g/mol. The molecule has 0 spiro atoms. The molecule has 0 aromatic heterocycles. The van der Waals surface area contributed by atoms with Gasteiger partial charge in [-0.05, 0) is 72.9 Å². The first-order valence-corrected chi connectivity index (χ1v) is 12.0. The third-order valence-electron chi connectivity index (χ3n) is 5.42. The van der Waals surface area contributed by atoms with E-state index in [0.29, 0.717) is 18.2 Å². The number of amides is 1. The number of carbonyl (C=O) groups is 1. The highest BCUT2D eigenvalue weighted by Crippen LogP contribution is 2.31. The molecule has 172 valence electrons. The van der Waals surface area contributed by atoms with Crippen molar-refractivity contribution in [2.75, 3.05) is 13.7 Å². The molecule has 1 saturated carbocycles. The largest absolute Gasteiger partial charge is 0.497 e. The highest BCUT2D eigenvalue weighted by Gasteiger charge is 2.28. The van der Waals surface area contributed by atoms with Gasteiger partial charge in [0.15, 0.2) is 0 Å². The lowest BCUT2D eigenvalue weighted by Crippen LogP contribution is -2.33. The first-order valence-electron chi connectivity index (χ1n) is 10.6. The normalized spacial score (nSPS) is 13.4. The summed E-state index contributed by atoms with van der Waals surface area (Å²) in [5.74, 6) is 0.221. The third-order valence-corrected chi connectivity index (χ3v) is 6.68. The van der Waals surface area contributed by atoms with Gasteiger partial charge in [-0.2, -0.15) is 8.42 Å². The fraction of sp³-hybridized carbons (Fsp3) is 0.240. The van der Waals surface area contributed by atoms with Crippen molar-refractivity contribution in [1.29, 1.82) is 0 Å². The van der Waals surface area contributed by atoms with Crippen LogP contribution in [0.5, 0.6) is 11.5 Å². The van der Waals surface area contributed by atoms with Crippen LogP contribution < -0.4 is 8.92 Å². The van der Waals surface area contributed by atoms with Crippen molar-refractivity contribution in [1.82, 2.24) is 4.90 Å². The molecule has 0 aliphatic heterocycles. The summed E-state index contributed by atoms with van der Waals surface area (Å²) in [6.45, 7) is 0.840. The minimum atomic E-state index is -4.00. The summed E-state index contributed by atoms with van der Waals surface area (Å²) in [5.41, 5.74) is 0.832. The molecule has 0 radical (unpaired) electrons. The zero-order valence-corrected chi connectivity index (χ0v) is 18.9. The zero-order chi connectivity index (χ0) is 23.4. The molecule has 0 bridgehead atoms. The molecule has 1 aliphatic rings. The Morgan fingerprint density at radius 1 is 0.970 bits per heavy atom. The number of methoxy groups -OCH3 is 1. The summed E-state index contributed by atoms with van der Waals surface area (Å²) in [5, 5.41) is 0. The maximum absolute atomic E-state index is 14.2. The number of nitrogens with zero attached hydrogens (tertiary/aromatic N) is 1. The summed E-state index contributed by atoms with van der Waals surface area (Å²) in [6.07, 6.45) is 2.11. The number of halogens is 1. The van der Waals surface area contributed by atoms with E-state index in [9.17, 15) is 17.6 Å². The predicted molar refractivity (Wildman–Crippen MR) is 121 cm³/mol. The van der Waals surface area contributed by atoms with E-state index in [1.165, 1.54) is 31.4 Å². The number of rotatable bonds is 9. The van der Waals surface area contributed by atoms with E-state index in [1.807, 2.05) is 0 Å². The number of benzene rings is 3. The lowest BCUT2D eigenvalue weighted by Gasteiger charge is -2.23. The summed E-state index contributed by atoms with van der Waals surface area (Å²) >= 11 is 0. The van der Waals surface area contributed by atoms with E-state index < -0.39 is 15.9 Å². The number of carbonyl (C=O) groups excluding carboxylic acids is 1. The van der Waals surface area contributed by atoms with Gasteiger partial charge in [-0.25, -0.2) is 4.39 Å². The van der Waals surface area contributed by atoms with Crippen LogP contribution in [-0.4, -0.2) is 32.9 Å². The van der Waals surface area contributed by atoms with Crippen molar-refractivity contribution in [3.8, 4) is 11.5 Å². The Morgan fingerprint density at radius 3 is 2.21 bits per heavy atom. The minimum absolute atomic E-state index is 0.0125. The third kappa shape index (κ3) is 5.70. The molecule has 33 heavy (non-hydrogen) atoms. The maximum Gasteiger partial charge on any atom is 0.339 e. The first-order chi connectivity index (χ1) is 15.9. The Morgan fingerprint density at radius 2 is 1.61 bits per heavy atom. The van der Waals surface area contributed by atoms with Crippen molar-refractivity contribution in [2.45, 2.75) is 24.3 Å². The summed E-state index contributed by atoms with van der Waals surface area (Å²) in [6, 6.07) is 18.3. The molecular formula is C25H24FNO5S. The molecular weight excluding hydrogens is 445 g/mol. The van der Waals surface area contributed by atoms with Gasteiger partial charge in [-0.15, -0.1) is 0 Å².